The van der Waals surface area contributed by atoms with E-state index in [2.05, 4.69) is 28.9 Å². The second-order valence-corrected chi connectivity index (χ2v) is 4.36. The summed E-state index contributed by atoms with van der Waals surface area (Å²) in [6.07, 6.45) is 1.81. The number of fused-ring (bicyclic) bond motifs is 2. The number of hydrogen-bond acceptors (Lipinski definition) is 3. The molecule has 0 fully saturated rings. The molecule has 0 saturated heterocycles. The van der Waals surface area contributed by atoms with Crippen LogP contribution in [0.4, 0.5) is 11.5 Å². The van der Waals surface area contributed by atoms with Gasteiger partial charge < -0.3 is 9.64 Å². The van der Waals surface area contributed by atoms with Gasteiger partial charge in [-0.25, -0.2) is 4.98 Å². The van der Waals surface area contributed by atoms with E-state index >= 15 is 0 Å². The number of pyridine rings is 1. The minimum absolute atomic E-state index is 0.858. The van der Waals surface area contributed by atoms with Gasteiger partial charge in [0.1, 0.15) is 0 Å². The van der Waals surface area contributed by atoms with Gasteiger partial charge in [0, 0.05) is 13.2 Å². The lowest BCUT2D eigenvalue weighted by atomic mass is 10.1. The van der Waals surface area contributed by atoms with Crippen LogP contribution in [0.2, 0.25) is 0 Å². The highest BCUT2D eigenvalue weighted by atomic mass is 16.5. The van der Waals surface area contributed by atoms with E-state index in [0.717, 1.165) is 34.1 Å². The fourth-order valence-electron chi connectivity index (χ4n) is 2.15. The van der Waals surface area contributed by atoms with Gasteiger partial charge in [-0.15, -0.1) is 0 Å². The van der Waals surface area contributed by atoms with Crippen molar-refractivity contribution in [3.05, 3.63) is 41.6 Å². The average Bonchev–Trinajstić information content (AvgIpc) is 2.32. The minimum Gasteiger partial charge on any atom is -0.451 e. The zero-order valence-electron chi connectivity index (χ0n) is 10.2. The van der Waals surface area contributed by atoms with Crippen molar-refractivity contribution in [2.75, 3.05) is 11.9 Å². The number of rotatable bonds is 0. The molecular weight excluding hydrogens is 212 g/mol. The molecule has 2 aromatic rings. The number of benzene rings is 1. The molecule has 3 heteroatoms. The molecule has 0 spiro atoms. The Morgan fingerprint density at radius 1 is 1.06 bits per heavy atom. The zero-order valence-corrected chi connectivity index (χ0v) is 10.2. The number of aromatic nitrogens is 1. The van der Waals surface area contributed by atoms with Gasteiger partial charge in [0.05, 0.1) is 5.69 Å². The smallest absolute Gasteiger partial charge is 0.176 e. The van der Waals surface area contributed by atoms with E-state index in [1.165, 1.54) is 0 Å². The van der Waals surface area contributed by atoms with Crippen molar-refractivity contribution in [2.24, 2.45) is 0 Å². The number of anilines is 2. The maximum absolute atomic E-state index is 6.01. The first-order valence-electron chi connectivity index (χ1n) is 5.65. The van der Waals surface area contributed by atoms with Crippen molar-refractivity contribution < 1.29 is 4.74 Å². The minimum atomic E-state index is 0.858. The van der Waals surface area contributed by atoms with Crippen LogP contribution in [0.5, 0.6) is 11.5 Å². The van der Waals surface area contributed by atoms with E-state index in [4.69, 9.17) is 4.74 Å². The van der Waals surface area contributed by atoms with Crippen LogP contribution in [-0.4, -0.2) is 12.0 Å². The van der Waals surface area contributed by atoms with Crippen LogP contribution in [0.15, 0.2) is 30.5 Å². The third kappa shape index (κ3) is 1.39. The third-order valence-corrected chi connectivity index (χ3v) is 3.16. The lowest BCUT2D eigenvalue weighted by molar-refractivity contribution is 0.465. The molecule has 17 heavy (non-hydrogen) atoms. The first kappa shape index (κ1) is 10.1. The lowest BCUT2D eigenvalue weighted by Crippen LogP contribution is -2.18. The molecule has 0 unspecified atom stereocenters. The summed E-state index contributed by atoms with van der Waals surface area (Å²) in [5.74, 6) is 2.67. The molecule has 3 rings (SSSR count). The van der Waals surface area contributed by atoms with Crippen molar-refractivity contribution in [1.29, 1.82) is 0 Å². The van der Waals surface area contributed by atoms with Gasteiger partial charge in [-0.1, -0.05) is 12.1 Å². The van der Waals surface area contributed by atoms with E-state index < -0.39 is 0 Å². The predicted molar refractivity (Wildman–Crippen MR) is 68.3 cm³/mol. The van der Waals surface area contributed by atoms with Gasteiger partial charge in [0.2, 0.25) is 0 Å². The van der Waals surface area contributed by atoms with E-state index in [1.807, 2.05) is 32.3 Å². The molecule has 1 aliphatic heterocycles. The summed E-state index contributed by atoms with van der Waals surface area (Å²) in [6.45, 7) is 4.10. The van der Waals surface area contributed by atoms with Gasteiger partial charge >= 0.3 is 0 Å². The van der Waals surface area contributed by atoms with Crippen LogP contribution < -0.4 is 9.64 Å². The number of hydrogen-bond donors (Lipinski definition) is 0. The maximum atomic E-state index is 6.01. The molecule has 0 radical (unpaired) electrons. The molecule has 3 nitrogen and oxygen atoms in total. The Bertz CT molecular complexity index is 541. The molecule has 0 amide bonds. The Balaban J connectivity index is 2.25. The number of ether oxygens (including phenoxy) is 1. The van der Waals surface area contributed by atoms with Crippen molar-refractivity contribution in [2.45, 2.75) is 13.8 Å². The van der Waals surface area contributed by atoms with E-state index in [1.54, 1.807) is 0 Å². The second kappa shape index (κ2) is 3.48. The summed E-state index contributed by atoms with van der Waals surface area (Å²) in [7, 11) is 2.02. The standard InChI is InChI=1S/C14H14N2O/c1-9-5-4-6-11-12(9)17-13-10(2)7-8-15-14(13)16(11)3/h4-8H,1-3H3. The van der Waals surface area contributed by atoms with Gasteiger partial charge in [0.25, 0.3) is 0 Å². The van der Waals surface area contributed by atoms with Gasteiger partial charge in [-0.3, -0.25) is 0 Å². The third-order valence-electron chi connectivity index (χ3n) is 3.16. The SMILES string of the molecule is Cc1cccc2c1Oc1c(C)ccnc1N2C. The second-order valence-electron chi connectivity index (χ2n) is 4.36. The molecule has 0 N–H and O–H groups in total. The van der Waals surface area contributed by atoms with Crippen LogP contribution in [0.3, 0.4) is 0 Å². The summed E-state index contributed by atoms with van der Waals surface area (Å²) in [4.78, 5) is 6.47. The van der Waals surface area contributed by atoms with Crippen molar-refractivity contribution in [3.8, 4) is 11.5 Å². The first-order chi connectivity index (χ1) is 8.18. The average molecular weight is 226 g/mol. The van der Waals surface area contributed by atoms with E-state index in [0.29, 0.717) is 0 Å². The quantitative estimate of drug-likeness (QED) is 0.686. The largest absolute Gasteiger partial charge is 0.451 e. The number of para-hydroxylation sites is 1. The normalized spacial score (nSPS) is 12.8. The van der Waals surface area contributed by atoms with Crippen LogP contribution >= 0.6 is 0 Å². The fourth-order valence-corrected chi connectivity index (χ4v) is 2.15. The Hall–Kier alpha value is -2.03. The molecule has 0 saturated carbocycles. The van der Waals surface area contributed by atoms with Crippen molar-refractivity contribution >= 4 is 11.5 Å². The van der Waals surface area contributed by atoms with E-state index in [-0.39, 0.29) is 0 Å². The Kier molecular flexibility index (Phi) is 2.08. The van der Waals surface area contributed by atoms with Gasteiger partial charge in [-0.2, -0.15) is 0 Å². The highest BCUT2D eigenvalue weighted by Crippen LogP contribution is 2.47. The predicted octanol–water partition coefficient (Wildman–Crippen LogP) is 3.57. The summed E-state index contributed by atoms with van der Waals surface area (Å²) in [5.41, 5.74) is 3.31. The molecule has 86 valence electrons. The van der Waals surface area contributed by atoms with Crippen LogP contribution in [0.1, 0.15) is 11.1 Å². The first-order valence-corrected chi connectivity index (χ1v) is 5.65. The summed E-state index contributed by atoms with van der Waals surface area (Å²) < 4.78 is 6.01. The molecule has 1 aromatic carbocycles. The fraction of sp³-hybridized carbons (Fsp3) is 0.214. The Morgan fingerprint density at radius 3 is 2.65 bits per heavy atom. The number of nitrogens with zero attached hydrogens (tertiary/aromatic N) is 2. The highest BCUT2D eigenvalue weighted by molar-refractivity contribution is 5.77. The Labute approximate surface area is 101 Å². The zero-order chi connectivity index (χ0) is 12.0. The van der Waals surface area contributed by atoms with Crippen LogP contribution in [-0.2, 0) is 0 Å². The molecule has 1 aliphatic rings. The molecule has 1 aromatic heterocycles. The summed E-state index contributed by atoms with van der Waals surface area (Å²) >= 11 is 0. The summed E-state index contributed by atoms with van der Waals surface area (Å²) in [5, 5.41) is 0. The lowest BCUT2D eigenvalue weighted by Gasteiger charge is -2.30. The van der Waals surface area contributed by atoms with Crippen molar-refractivity contribution in [1.82, 2.24) is 4.98 Å². The molecule has 0 atom stereocenters. The van der Waals surface area contributed by atoms with Crippen LogP contribution in [0.25, 0.3) is 0 Å². The van der Waals surface area contributed by atoms with Gasteiger partial charge in [-0.05, 0) is 37.1 Å². The van der Waals surface area contributed by atoms with Gasteiger partial charge in [0.15, 0.2) is 17.3 Å². The topological polar surface area (TPSA) is 25.4 Å². The monoisotopic (exact) mass is 226 g/mol. The maximum Gasteiger partial charge on any atom is 0.176 e. The number of aryl methyl sites for hydroxylation is 2. The summed E-state index contributed by atoms with van der Waals surface area (Å²) in [6, 6.07) is 8.11. The molecule has 0 bridgehead atoms. The van der Waals surface area contributed by atoms with Crippen LogP contribution in [0, 0.1) is 13.8 Å². The molecular formula is C14H14N2O. The van der Waals surface area contributed by atoms with Crippen molar-refractivity contribution in [3.63, 3.8) is 0 Å². The molecule has 0 aliphatic carbocycles. The molecule has 2 heterocycles. The van der Waals surface area contributed by atoms with E-state index in [9.17, 15) is 0 Å². The highest BCUT2D eigenvalue weighted by Gasteiger charge is 2.24. The Morgan fingerprint density at radius 2 is 1.82 bits per heavy atom.